The predicted octanol–water partition coefficient (Wildman–Crippen LogP) is 4.15. The molecule has 1 atom stereocenters. The molecule has 0 fully saturated rings. The zero-order valence-electron chi connectivity index (χ0n) is 16.3. The summed E-state index contributed by atoms with van der Waals surface area (Å²) in [5, 5.41) is 8.92. The molecule has 0 saturated heterocycles. The first kappa shape index (κ1) is 22.4. The fraction of sp³-hybridized carbons (Fsp3) is 0.333. The fourth-order valence-corrected chi connectivity index (χ4v) is 3.80. The smallest absolute Gasteiger partial charge is 0.191 e. The van der Waals surface area contributed by atoms with Gasteiger partial charge in [-0.05, 0) is 29.3 Å². The number of hydrogen-bond acceptors (Lipinski definition) is 3. The second-order valence-electron chi connectivity index (χ2n) is 6.65. The molecule has 28 heavy (non-hydrogen) atoms. The third kappa shape index (κ3) is 6.94. The number of imidazole rings is 1. The second-order valence-corrected chi connectivity index (χ2v) is 7.68. The number of guanidine groups is 1. The van der Waals surface area contributed by atoms with Crippen LogP contribution in [-0.2, 0) is 19.5 Å². The predicted molar refractivity (Wildman–Crippen MR) is 129 cm³/mol. The number of thiophene rings is 1. The van der Waals surface area contributed by atoms with Gasteiger partial charge in [0.15, 0.2) is 5.96 Å². The van der Waals surface area contributed by atoms with Crippen LogP contribution >= 0.6 is 35.3 Å². The number of benzene rings is 1. The van der Waals surface area contributed by atoms with E-state index in [1.807, 2.05) is 29.8 Å². The van der Waals surface area contributed by atoms with Crippen molar-refractivity contribution in [1.29, 1.82) is 0 Å². The minimum Gasteiger partial charge on any atom is -0.356 e. The molecule has 0 amide bonds. The van der Waals surface area contributed by atoms with E-state index in [2.05, 4.69) is 73.9 Å². The maximum Gasteiger partial charge on any atom is 0.191 e. The van der Waals surface area contributed by atoms with E-state index in [9.17, 15) is 0 Å². The van der Waals surface area contributed by atoms with Gasteiger partial charge >= 0.3 is 0 Å². The average molecular weight is 509 g/mol. The van der Waals surface area contributed by atoms with E-state index in [0.717, 1.165) is 31.3 Å². The zero-order chi connectivity index (χ0) is 18.9. The monoisotopic (exact) mass is 509 g/mol. The number of rotatable bonds is 8. The van der Waals surface area contributed by atoms with Gasteiger partial charge < -0.3 is 15.2 Å². The normalized spacial score (nSPS) is 12.3. The molecule has 0 aliphatic rings. The third-order valence-corrected chi connectivity index (χ3v) is 5.28. The van der Waals surface area contributed by atoms with Crippen LogP contribution in [0.1, 0.15) is 23.2 Å². The standard InChI is InChI=1S/C21H27N5S.HI/c1-17(13-19-9-6-12-27-19)14-24-21(22-2)25-15-20-23-10-11-26(20)16-18-7-4-3-5-8-18;/h3-12,17H,13-16H2,1-2H3,(H2,22,24,25);1H. The maximum absolute atomic E-state index is 4.48. The molecule has 3 rings (SSSR count). The van der Waals surface area contributed by atoms with Crippen LogP contribution in [0.2, 0.25) is 0 Å². The van der Waals surface area contributed by atoms with E-state index in [4.69, 9.17) is 0 Å². The lowest BCUT2D eigenvalue weighted by molar-refractivity contribution is 0.560. The SMILES string of the molecule is CN=C(NCc1nccn1Cc1ccccc1)NCC(C)Cc1cccs1.I. The summed E-state index contributed by atoms with van der Waals surface area (Å²) in [5.74, 6) is 2.35. The molecule has 5 nitrogen and oxygen atoms in total. The summed E-state index contributed by atoms with van der Waals surface area (Å²) in [5.41, 5.74) is 1.27. The van der Waals surface area contributed by atoms with Crippen LogP contribution in [0.4, 0.5) is 0 Å². The van der Waals surface area contributed by atoms with E-state index in [1.54, 1.807) is 7.05 Å². The largest absolute Gasteiger partial charge is 0.356 e. The molecule has 0 bridgehead atoms. The van der Waals surface area contributed by atoms with Gasteiger partial charge in [0.05, 0.1) is 6.54 Å². The summed E-state index contributed by atoms with van der Waals surface area (Å²) < 4.78 is 2.16. The molecule has 7 heteroatoms. The van der Waals surface area contributed by atoms with Crippen LogP contribution in [0.25, 0.3) is 0 Å². The highest BCUT2D eigenvalue weighted by Crippen LogP contribution is 2.13. The third-order valence-electron chi connectivity index (χ3n) is 4.38. The Balaban J connectivity index is 0.00000280. The van der Waals surface area contributed by atoms with Crippen molar-refractivity contribution in [2.75, 3.05) is 13.6 Å². The quantitative estimate of drug-likeness (QED) is 0.273. The van der Waals surface area contributed by atoms with Crippen molar-refractivity contribution in [2.24, 2.45) is 10.9 Å². The molecule has 0 radical (unpaired) electrons. The van der Waals surface area contributed by atoms with Crippen molar-refractivity contribution in [3.8, 4) is 0 Å². The number of nitrogens with one attached hydrogen (secondary N) is 2. The fourth-order valence-electron chi connectivity index (χ4n) is 2.93. The lowest BCUT2D eigenvalue weighted by atomic mass is 10.1. The molecule has 0 saturated carbocycles. The van der Waals surface area contributed by atoms with Gasteiger partial charge in [-0.1, -0.05) is 43.3 Å². The van der Waals surface area contributed by atoms with Gasteiger partial charge in [0.1, 0.15) is 5.82 Å². The zero-order valence-corrected chi connectivity index (χ0v) is 19.5. The van der Waals surface area contributed by atoms with Gasteiger partial charge in [-0.3, -0.25) is 4.99 Å². The Hall–Kier alpha value is -1.87. The summed E-state index contributed by atoms with van der Waals surface area (Å²) in [4.78, 5) is 10.2. The Morgan fingerprint density at radius 3 is 2.71 bits per heavy atom. The molecule has 150 valence electrons. The Kier molecular flexibility index (Phi) is 9.49. The second kappa shape index (κ2) is 11.9. The molecular formula is C21H28IN5S. The minimum atomic E-state index is 0. The highest BCUT2D eigenvalue weighted by atomic mass is 127. The molecule has 2 heterocycles. The number of hydrogen-bond donors (Lipinski definition) is 2. The number of nitrogens with zero attached hydrogens (tertiary/aromatic N) is 3. The van der Waals surface area contributed by atoms with Crippen molar-refractivity contribution in [3.63, 3.8) is 0 Å². The van der Waals surface area contributed by atoms with E-state index >= 15 is 0 Å². The number of halogens is 1. The lowest BCUT2D eigenvalue weighted by Gasteiger charge is -2.16. The van der Waals surface area contributed by atoms with Crippen molar-refractivity contribution in [3.05, 3.63) is 76.5 Å². The highest BCUT2D eigenvalue weighted by Gasteiger charge is 2.08. The first-order chi connectivity index (χ1) is 13.2. The van der Waals surface area contributed by atoms with Gasteiger partial charge in [-0.25, -0.2) is 4.98 Å². The van der Waals surface area contributed by atoms with Crippen molar-refractivity contribution >= 4 is 41.3 Å². The van der Waals surface area contributed by atoms with E-state index in [1.165, 1.54) is 10.4 Å². The van der Waals surface area contributed by atoms with Crippen LogP contribution in [0, 0.1) is 5.92 Å². The molecule has 0 aliphatic carbocycles. The topological polar surface area (TPSA) is 54.2 Å². The van der Waals surface area contributed by atoms with Gasteiger partial charge in [0, 0.05) is 37.4 Å². The molecule has 1 unspecified atom stereocenters. The van der Waals surface area contributed by atoms with Crippen LogP contribution in [0.5, 0.6) is 0 Å². The molecule has 0 spiro atoms. The van der Waals surface area contributed by atoms with Crippen LogP contribution in [0.3, 0.4) is 0 Å². The first-order valence-corrected chi connectivity index (χ1v) is 10.1. The Bertz CT molecular complexity index is 830. The summed E-state index contributed by atoms with van der Waals surface area (Å²) in [6.07, 6.45) is 4.95. The van der Waals surface area contributed by atoms with E-state index in [0.29, 0.717) is 12.5 Å². The van der Waals surface area contributed by atoms with Crippen molar-refractivity contribution < 1.29 is 0 Å². The Labute approximate surface area is 188 Å². The van der Waals surface area contributed by atoms with Gasteiger partial charge in [0.25, 0.3) is 0 Å². The molecule has 1 aromatic carbocycles. The highest BCUT2D eigenvalue weighted by molar-refractivity contribution is 14.0. The molecular weight excluding hydrogens is 481 g/mol. The Morgan fingerprint density at radius 2 is 2.00 bits per heavy atom. The maximum atomic E-state index is 4.48. The van der Waals surface area contributed by atoms with Gasteiger partial charge in [-0.15, -0.1) is 35.3 Å². The molecule has 3 aromatic rings. The first-order valence-electron chi connectivity index (χ1n) is 9.25. The summed E-state index contributed by atoms with van der Waals surface area (Å²) in [6, 6.07) is 14.7. The van der Waals surface area contributed by atoms with E-state index in [-0.39, 0.29) is 24.0 Å². The van der Waals surface area contributed by atoms with Crippen LogP contribution in [-0.4, -0.2) is 29.1 Å². The van der Waals surface area contributed by atoms with Crippen LogP contribution < -0.4 is 10.6 Å². The van der Waals surface area contributed by atoms with Crippen molar-refractivity contribution in [2.45, 2.75) is 26.4 Å². The molecule has 2 N–H and O–H groups in total. The number of aromatic nitrogens is 2. The van der Waals surface area contributed by atoms with Gasteiger partial charge in [0.2, 0.25) is 0 Å². The minimum absolute atomic E-state index is 0. The summed E-state index contributed by atoms with van der Waals surface area (Å²) in [6.45, 7) is 4.60. The Morgan fingerprint density at radius 1 is 1.18 bits per heavy atom. The lowest BCUT2D eigenvalue weighted by Crippen LogP contribution is -2.39. The average Bonchev–Trinajstić information content (AvgIpc) is 3.35. The molecule has 0 aliphatic heterocycles. The van der Waals surface area contributed by atoms with E-state index < -0.39 is 0 Å². The van der Waals surface area contributed by atoms with Crippen molar-refractivity contribution in [1.82, 2.24) is 20.2 Å². The summed E-state index contributed by atoms with van der Waals surface area (Å²) in [7, 11) is 1.80. The van der Waals surface area contributed by atoms with Gasteiger partial charge in [-0.2, -0.15) is 0 Å². The summed E-state index contributed by atoms with van der Waals surface area (Å²) >= 11 is 1.82. The number of aliphatic imine (C=N–C) groups is 1. The van der Waals surface area contributed by atoms with Crippen LogP contribution in [0.15, 0.2) is 65.2 Å². The molecule has 2 aromatic heterocycles.